The molecule has 0 aliphatic rings. The first-order valence-corrected chi connectivity index (χ1v) is 11.3. The van der Waals surface area contributed by atoms with E-state index in [1.807, 2.05) is 0 Å². The summed E-state index contributed by atoms with van der Waals surface area (Å²) in [6.07, 6.45) is 0. The van der Waals surface area contributed by atoms with Crippen molar-refractivity contribution >= 4 is 51.5 Å². The molecule has 11 heteroatoms. The van der Waals surface area contributed by atoms with Crippen molar-refractivity contribution in [1.29, 1.82) is 0 Å². The van der Waals surface area contributed by atoms with Crippen molar-refractivity contribution in [3.8, 4) is 5.69 Å². The van der Waals surface area contributed by atoms with E-state index in [4.69, 9.17) is 11.6 Å². The molecule has 0 spiro atoms. The molecule has 172 valence electrons. The number of nitro groups is 1. The Balaban J connectivity index is 1.67. The predicted molar refractivity (Wildman–Crippen MR) is 129 cm³/mol. The third-order valence-corrected chi connectivity index (χ3v) is 6.24. The Morgan fingerprint density at radius 1 is 1.21 bits per heavy atom. The lowest BCUT2D eigenvalue weighted by Crippen LogP contribution is -2.23. The lowest BCUT2D eigenvalue weighted by molar-refractivity contribution is -0.385. The van der Waals surface area contributed by atoms with Crippen LogP contribution in [0.5, 0.6) is 0 Å². The number of nitrogens with one attached hydrogen (secondary N) is 1. The first kappa shape index (κ1) is 23.4. The maximum atomic E-state index is 13.7. The molecule has 0 radical (unpaired) electrons. The third kappa shape index (κ3) is 4.63. The quantitative estimate of drug-likeness (QED) is 0.171. The highest BCUT2D eigenvalue weighted by atomic mass is 35.5. The number of nitro benzene ring substituents is 1. The largest absolute Gasteiger partial charge is 0.325 e. The summed E-state index contributed by atoms with van der Waals surface area (Å²) in [4.78, 5) is 41.0. The fraction of sp³-hybridized carbons (Fsp3) is 0.0870. The van der Waals surface area contributed by atoms with Crippen LogP contribution in [0.15, 0.2) is 70.6 Å². The number of rotatable bonds is 6. The monoisotopic (exact) mass is 498 g/mol. The normalized spacial score (nSPS) is 10.9. The molecule has 0 aliphatic carbocycles. The molecule has 0 fully saturated rings. The number of amides is 1. The summed E-state index contributed by atoms with van der Waals surface area (Å²) in [5, 5.41) is 14.2. The van der Waals surface area contributed by atoms with Gasteiger partial charge >= 0.3 is 0 Å². The number of anilines is 1. The van der Waals surface area contributed by atoms with Gasteiger partial charge in [-0.1, -0.05) is 41.6 Å². The van der Waals surface area contributed by atoms with Gasteiger partial charge in [0.2, 0.25) is 5.91 Å². The van der Waals surface area contributed by atoms with Crippen LogP contribution >= 0.6 is 23.4 Å². The minimum Gasteiger partial charge on any atom is -0.325 e. The maximum absolute atomic E-state index is 13.7. The molecule has 3 aromatic carbocycles. The van der Waals surface area contributed by atoms with Gasteiger partial charge in [0, 0.05) is 6.07 Å². The summed E-state index contributed by atoms with van der Waals surface area (Å²) in [5.41, 5.74) is 0.873. The second-order valence-corrected chi connectivity index (χ2v) is 8.54. The van der Waals surface area contributed by atoms with Crippen LogP contribution < -0.4 is 10.9 Å². The fourth-order valence-corrected chi connectivity index (χ4v) is 4.32. The van der Waals surface area contributed by atoms with E-state index >= 15 is 0 Å². The Morgan fingerprint density at radius 3 is 2.71 bits per heavy atom. The van der Waals surface area contributed by atoms with E-state index < -0.39 is 22.2 Å². The number of halogens is 2. The van der Waals surface area contributed by atoms with E-state index in [9.17, 15) is 24.1 Å². The predicted octanol–water partition coefficient (Wildman–Crippen LogP) is 5.13. The minimum atomic E-state index is -0.631. The number of nitrogens with zero attached hydrogens (tertiary/aromatic N) is 3. The Labute approximate surface area is 201 Å². The van der Waals surface area contributed by atoms with Crippen LogP contribution in [0.25, 0.3) is 16.6 Å². The van der Waals surface area contributed by atoms with Gasteiger partial charge in [-0.2, -0.15) is 0 Å². The van der Waals surface area contributed by atoms with Gasteiger partial charge in [-0.3, -0.25) is 24.3 Å². The van der Waals surface area contributed by atoms with Crippen LogP contribution in [0.2, 0.25) is 5.02 Å². The Morgan fingerprint density at radius 2 is 1.97 bits per heavy atom. The average molecular weight is 499 g/mol. The zero-order valence-electron chi connectivity index (χ0n) is 17.6. The highest BCUT2D eigenvalue weighted by molar-refractivity contribution is 7.99. The first-order chi connectivity index (χ1) is 16.3. The molecule has 0 saturated heterocycles. The number of hydrogen-bond donors (Lipinski definition) is 1. The van der Waals surface area contributed by atoms with Crippen LogP contribution in [0.1, 0.15) is 5.56 Å². The van der Waals surface area contributed by atoms with Crippen LogP contribution in [0, 0.1) is 22.9 Å². The summed E-state index contributed by atoms with van der Waals surface area (Å²) in [6.45, 7) is 1.54. The zero-order valence-corrected chi connectivity index (χ0v) is 19.2. The molecule has 1 N–H and O–H groups in total. The van der Waals surface area contributed by atoms with Crippen LogP contribution in [0.4, 0.5) is 15.8 Å². The second-order valence-electron chi connectivity index (χ2n) is 7.19. The number of carbonyl (C=O) groups excluding carboxylic acids is 1. The topological polar surface area (TPSA) is 107 Å². The number of carbonyl (C=O) groups is 1. The summed E-state index contributed by atoms with van der Waals surface area (Å²) >= 11 is 6.92. The van der Waals surface area contributed by atoms with E-state index in [-0.39, 0.29) is 21.6 Å². The lowest BCUT2D eigenvalue weighted by Gasteiger charge is -2.14. The van der Waals surface area contributed by atoms with Crippen molar-refractivity contribution < 1.29 is 14.1 Å². The summed E-state index contributed by atoms with van der Waals surface area (Å²) in [7, 11) is 0. The highest BCUT2D eigenvalue weighted by Gasteiger charge is 2.18. The molecule has 8 nitrogen and oxygen atoms in total. The molecule has 1 heterocycles. The van der Waals surface area contributed by atoms with Gasteiger partial charge in [0.15, 0.2) is 5.16 Å². The zero-order chi connectivity index (χ0) is 24.4. The number of para-hydroxylation sites is 1. The Hall–Kier alpha value is -3.76. The number of hydrogen-bond acceptors (Lipinski definition) is 6. The number of aromatic nitrogens is 2. The fourth-order valence-electron chi connectivity index (χ4n) is 3.33. The second kappa shape index (κ2) is 9.62. The van der Waals surface area contributed by atoms with Gasteiger partial charge in [-0.15, -0.1) is 0 Å². The molecule has 34 heavy (non-hydrogen) atoms. The average Bonchev–Trinajstić information content (AvgIpc) is 2.81. The van der Waals surface area contributed by atoms with Crippen molar-refractivity contribution in [2.45, 2.75) is 12.1 Å². The number of benzene rings is 3. The summed E-state index contributed by atoms with van der Waals surface area (Å²) in [6, 6.07) is 15.0. The van der Waals surface area contributed by atoms with Crippen molar-refractivity contribution in [1.82, 2.24) is 9.55 Å². The standard InChI is InChI=1S/C23H16ClFN4O4S/c1-13-18(7-4-8-20(13)29(32)33)26-21(30)12-34-23-27-19-6-3-2-5-15(19)22(31)28(23)14-9-10-17(25)16(24)11-14/h2-11H,12H2,1H3,(H,26,30). The molecule has 0 unspecified atom stereocenters. The molecule has 0 saturated carbocycles. The highest BCUT2D eigenvalue weighted by Crippen LogP contribution is 2.27. The Bertz CT molecular complexity index is 1510. The molecular formula is C23H16ClFN4O4S. The third-order valence-electron chi connectivity index (χ3n) is 5.01. The van der Waals surface area contributed by atoms with Crippen LogP contribution in [0.3, 0.4) is 0 Å². The van der Waals surface area contributed by atoms with E-state index in [2.05, 4.69) is 10.3 Å². The number of fused-ring (bicyclic) bond motifs is 1. The molecule has 0 bridgehead atoms. The molecule has 0 aliphatic heterocycles. The van der Waals surface area contributed by atoms with Gasteiger partial charge in [0.05, 0.1) is 43.5 Å². The van der Waals surface area contributed by atoms with Crippen molar-refractivity contribution in [2.75, 3.05) is 11.1 Å². The van der Waals surface area contributed by atoms with Gasteiger partial charge in [0.25, 0.3) is 11.2 Å². The molecule has 4 rings (SSSR count). The van der Waals surface area contributed by atoms with Crippen LogP contribution in [-0.4, -0.2) is 26.1 Å². The first-order valence-electron chi connectivity index (χ1n) is 9.90. The van der Waals surface area contributed by atoms with Crippen molar-refractivity contribution in [3.63, 3.8) is 0 Å². The SMILES string of the molecule is Cc1c(NC(=O)CSc2nc3ccccc3c(=O)n2-c2ccc(F)c(Cl)c2)cccc1[N+](=O)[O-]. The van der Waals surface area contributed by atoms with E-state index in [1.165, 1.54) is 28.8 Å². The molecule has 1 aromatic heterocycles. The molecule has 4 aromatic rings. The summed E-state index contributed by atoms with van der Waals surface area (Å²) < 4.78 is 15.0. The summed E-state index contributed by atoms with van der Waals surface area (Å²) in [5.74, 6) is -1.21. The molecule has 1 amide bonds. The van der Waals surface area contributed by atoms with E-state index in [1.54, 1.807) is 37.3 Å². The Kier molecular flexibility index (Phi) is 6.62. The van der Waals surface area contributed by atoms with Crippen molar-refractivity contribution in [3.05, 3.63) is 97.5 Å². The maximum Gasteiger partial charge on any atom is 0.274 e. The van der Waals surface area contributed by atoms with E-state index in [0.29, 0.717) is 27.8 Å². The smallest absolute Gasteiger partial charge is 0.274 e. The van der Waals surface area contributed by atoms with Gasteiger partial charge in [0.1, 0.15) is 5.82 Å². The minimum absolute atomic E-state index is 0.108. The van der Waals surface area contributed by atoms with Gasteiger partial charge < -0.3 is 5.32 Å². The van der Waals surface area contributed by atoms with E-state index in [0.717, 1.165) is 17.8 Å². The molecular weight excluding hydrogens is 483 g/mol. The lowest BCUT2D eigenvalue weighted by atomic mass is 10.1. The van der Waals surface area contributed by atoms with Gasteiger partial charge in [-0.25, -0.2) is 9.37 Å². The van der Waals surface area contributed by atoms with Crippen LogP contribution in [-0.2, 0) is 4.79 Å². The van der Waals surface area contributed by atoms with Gasteiger partial charge in [-0.05, 0) is 43.3 Å². The van der Waals surface area contributed by atoms with Crippen molar-refractivity contribution in [2.24, 2.45) is 0 Å². The molecule has 0 atom stereocenters. The number of thioether (sulfide) groups is 1.